The van der Waals surface area contributed by atoms with Crippen LogP contribution < -0.4 is 10.6 Å². The van der Waals surface area contributed by atoms with E-state index < -0.39 is 30.4 Å². The van der Waals surface area contributed by atoms with E-state index in [4.69, 9.17) is 10.2 Å². The van der Waals surface area contributed by atoms with E-state index >= 15 is 0 Å². The van der Waals surface area contributed by atoms with E-state index in [-0.39, 0.29) is 0 Å². The van der Waals surface area contributed by atoms with Gasteiger partial charge in [0, 0.05) is 6.54 Å². The van der Waals surface area contributed by atoms with Gasteiger partial charge in [-0.1, -0.05) is 24.3 Å². The number of hydrogen-bond donors (Lipinski definition) is 4. The van der Waals surface area contributed by atoms with Crippen LogP contribution in [-0.2, 0) is 16.0 Å². The van der Waals surface area contributed by atoms with Crippen molar-refractivity contribution in [1.29, 1.82) is 0 Å². The van der Waals surface area contributed by atoms with Crippen LogP contribution in [0, 0.1) is 6.92 Å². The summed E-state index contributed by atoms with van der Waals surface area (Å²) in [7, 11) is 0. The van der Waals surface area contributed by atoms with Crippen molar-refractivity contribution in [3.8, 4) is 0 Å². The van der Waals surface area contributed by atoms with E-state index in [1.807, 2.05) is 31.2 Å². The summed E-state index contributed by atoms with van der Waals surface area (Å²) in [4.78, 5) is 32.8. The van der Waals surface area contributed by atoms with Crippen LogP contribution >= 0.6 is 0 Å². The van der Waals surface area contributed by atoms with Gasteiger partial charge in [0.05, 0.1) is 6.42 Å². The third-order valence-corrected chi connectivity index (χ3v) is 2.92. The predicted molar refractivity (Wildman–Crippen MR) is 75.1 cm³/mol. The van der Waals surface area contributed by atoms with Gasteiger partial charge in [-0.25, -0.2) is 9.59 Å². The van der Waals surface area contributed by atoms with Gasteiger partial charge in [-0.05, 0) is 24.5 Å². The second-order valence-electron chi connectivity index (χ2n) is 4.57. The average molecular weight is 294 g/mol. The van der Waals surface area contributed by atoms with Crippen molar-refractivity contribution in [1.82, 2.24) is 10.6 Å². The summed E-state index contributed by atoms with van der Waals surface area (Å²) >= 11 is 0. The predicted octanol–water partition coefficient (Wildman–Crippen LogP) is 0.765. The van der Waals surface area contributed by atoms with E-state index in [9.17, 15) is 14.4 Å². The fourth-order valence-electron chi connectivity index (χ4n) is 1.79. The highest BCUT2D eigenvalue weighted by Gasteiger charge is 2.22. The highest BCUT2D eigenvalue weighted by molar-refractivity contribution is 5.86. The maximum atomic E-state index is 11.5. The third kappa shape index (κ3) is 5.94. The first-order valence-electron chi connectivity index (χ1n) is 6.43. The summed E-state index contributed by atoms with van der Waals surface area (Å²) in [5.74, 6) is -2.67. The molecule has 0 aliphatic carbocycles. The number of benzene rings is 1. The summed E-state index contributed by atoms with van der Waals surface area (Å²) in [6.45, 7) is 2.29. The van der Waals surface area contributed by atoms with Crippen molar-refractivity contribution in [3.05, 3.63) is 35.4 Å². The van der Waals surface area contributed by atoms with Gasteiger partial charge in [0.1, 0.15) is 6.04 Å². The molecule has 1 unspecified atom stereocenters. The Bertz CT molecular complexity index is 530. The molecule has 0 aromatic heterocycles. The molecule has 1 aromatic rings. The monoisotopic (exact) mass is 294 g/mol. The number of carbonyl (C=O) groups excluding carboxylic acids is 1. The van der Waals surface area contributed by atoms with E-state index in [0.717, 1.165) is 11.1 Å². The van der Waals surface area contributed by atoms with E-state index in [0.29, 0.717) is 13.0 Å². The van der Waals surface area contributed by atoms with Crippen molar-refractivity contribution >= 4 is 18.0 Å². The lowest BCUT2D eigenvalue weighted by molar-refractivity contribution is -0.145. The number of aliphatic carboxylic acids is 2. The molecule has 0 saturated heterocycles. The number of rotatable bonds is 7. The number of carboxylic acid groups (broad SMARTS) is 2. The van der Waals surface area contributed by atoms with Crippen LogP contribution in [0.4, 0.5) is 4.79 Å². The number of carboxylic acids is 2. The zero-order valence-electron chi connectivity index (χ0n) is 11.6. The van der Waals surface area contributed by atoms with E-state index in [1.54, 1.807) is 0 Å². The average Bonchev–Trinajstić information content (AvgIpc) is 2.39. The Kier molecular flexibility index (Phi) is 6.19. The summed E-state index contributed by atoms with van der Waals surface area (Å²) < 4.78 is 0. The van der Waals surface area contributed by atoms with Gasteiger partial charge in [-0.2, -0.15) is 0 Å². The highest BCUT2D eigenvalue weighted by atomic mass is 16.4. The highest BCUT2D eigenvalue weighted by Crippen LogP contribution is 2.06. The minimum atomic E-state index is -1.44. The fraction of sp³-hybridized carbons (Fsp3) is 0.357. The van der Waals surface area contributed by atoms with E-state index in [1.165, 1.54) is 0 Å². The summed E-state index contributed by atoms with van der Waals surface area (Å²) in [6, 6.07) is 5.58. The molecule has 0 bridgehead atoms. The summed E-state index contributed by atoms with van der Waals surface area (Å²) in [5.41, 5.74) is 2.19. The number of amides is 2. The molecule has 0 aliphatic heterocycles. The molecular formula is C14H18N2O5. The van der Waals surface area contributed by atoms with Gasteiger partial charge in [0.15, 0.2) is 0 Å². The second kappa shape index (κ2) is 7.88. The Labute approximate surface area is 122 Å². The number of carbonyl (C=O) groups is 3. The van der Waals surface area contributed by atoms with Gasteiger partial charge in [-0.15, -0.1) is 0 Å². The number of nitrogens with one attached hydrogen (secondary N) is 2. The molecule has 1 rings (SSSR count). The molecule has 0 radical (unpaired) electrons. The quantitative estimate of drug-likeness (QED) is 0.592. The van der Waals surface area contributed by atoms with Crippen molar-refractivity contribution in [2.24, 2.45) is 0 Å². The Morgan fingerprint density at radius 2 is 1.86 bits per heavy atom. The van der Waals surface area contributed by atoms with Crippen LogP contribution in [0.15, 0.2) is 24.3 Å². The van der Waals surface area contributed by atoms with Crippen molar-refractivity contribution < 1.29 is 24.6 Å². The summed E-state index contributed by atoms with van der Waals surface area (Å²) in [5, 5.41) is 22.0. The molecule has 0 spiro atoms. The van der Waals surface area contributed by atoms with Crippen molar-refractivity contribution in [2.75, 3.05) is 6.54 Å². The van der Waals surface area contributed by atoms with Gasteiger partial charge in [0.2, 0.25) is 0 Å². The smallest absolute Gasteiger partial charge is 0.326 e. The topological polar surface area (TPSA) is 116 Å². The van der Waals surface area contributed by atoms with Gasteiger partial charge in [0.25, 0.3) is 0 Å². The Morgan fingerprint density at radius 1 is 1.19 bits per heavy atom. The van der Waals surface area contributed by atoms with Crippen LogP contribution in [-0.4, -0.2) is 40.8 Å². The fourth-order valence-corrected chi connectivity index (χ4v) is 1.79. The molecule has 0 aliphatic rings. The first kappa shape index (κ1) is 16.5. The van der Waals surface area contributed by atoms with Crippen LogP contribution in [0.5, 0.6) is 0 Å². The minimum absolute atomic E-state index is 0.329. The van der Waals surface area contributed by atoms with Gasteiger partial charge >= 0.3 is 18.0 Å². The SMILES string of the molecule is Cc1ccccc1CCNC(=O)NC(CC(=O)O)C(=O)O. The molecular weight excluding hydrogens is 276 g/mol. The second-order valence-corrected chi connectivity index (χ2v) is 4.57. The van der Waals surface area contributed by atoms with Crippen molar-refractivity contribution in [3.63, 3.8) is 0 Å². The normalized spacial score (nSPS) is 11.5. The van der Waals surface area contributed by atoms with Crippen LogP contribution in [0.2, 0.25) is 0 Å². The Hall–Kier alpha value is -2.57. The lowest BCUT2D eigenvalue weighted by Crippen LogP contribution is -2.47. The molecule has 0 heterocycles. The zero-order chi connectivity index (χ0) is 15.8. The molecule has 4 N–H and O–H groups in total. The lowest BCUT2D eigenvalue weighted by Gasteiger charge is -2.13. The van der Waals surface area contributed by atoms with Gasteiger partial charge in [-0.3, -0.25) is 4.79 Å². The molecule has 1 atom stereocenters. The molecule has 21 heavy (non-hydrogen) atoms. The summed E-state index contributed by atoms with van der Waals surface area (Å²) in [6.07, 6.45) is -0.0582. The van der Waals surface area contributed by atoms with E-state index in [2.05, 4.69) is 10.6 Å². The first-order valence-corrected chi connectivity index (χ1v) is 6.43. The zero-order valence-corrected chi connectivity index (χ0v) is 11.6. The number of hydrogen-bond acceptors (Lipinski definition) is 3. The first-order chi connectivity index (χ1) is 9.90. The molecule has 114 valence electrons. The Balaban J connectivity index is 2.41. The lowest BCUT2D eigenvalue weighted by atomic mass is 10.1. The van der Waals surface area contributed by atoms with Crippen LogP contribution in [0.25, 0.3) is 0 Å². The molecule has 0 saturated carbocycles. The number of urea groups is 1. The maximum Gasteiger partial charge on any atom is 0.326 e. The molecule has 7 nitrogen and oxygen atoms in total. The third-order valence-electron chi connectivity index (χ3n) is 2.92. The minimum Gasteiger partial charge on any atom is -0.481 e. The van der Waals surface area contributed by atoms with Crippen molar-refractivity contribution in [2.45, 2.75) is 25.8 Å². The standard InChI is InChI=1S/C14H18N2O5/c1-9-4-2-3-5-10(9)6-7-15-14(21)16-11(13(19)20)8-12(17)18/h2-5,11H,6-8H2,1H3,(H,17,18)(H,19,20)(H2,15,16,21). The molecule has 1 aromatic carbocycles. The maximum absolute atomic E-state index is 11.5. The van der Waals surface area contributed by atoms with Crippen LogP contribution in [0.3, 0.4) is 0 Å². The largest absolute Gasteiger partial charge is 0.481 e. The molecule has 7 heteroatoms. The Morgan fingerprint density at radius 3 is 2.43 bits per heavy atom. The van der Waals surface area contributed by atoms with Crippen LogP contribution in [0.1, 0.15) is 17.5 Å². The van der Waals surface area contributed by atoms with Gasteiger partial charge < -0.3 is 20.8 Å². The number of aryl methyl sites for hydroxylation is 1. The molecule has 0 fully saturated rings. The molecule has 2 amide bonds.